The first-order valence-corrected chi connectivity index (χ1v) is 16.0. The van der Waals surface area contributed by atoms with Crippen molar-refractivity contribution in [2.75, 3.05) is 0 Å². The van der Waals surface area contributed by atoms with E-state index in [1.54, 1.807) is 18.2 Å². The Morgan fingerprint density at radius 3 is 0.841 bits per heavy atom. The number of aryl methyl sites for hydroxylation is 3. The van der Waals surface area contributed by atoms with Gasteiger partial charge in [0.05, 0.1) is 0 Å². The van der Waals surface area contributed by atoms with E-state index < -0.39 is 7.82 Å². The van der Waals surface area contributed by atoms with E-state index in [1.165, 1.54) is 0 Å². The van der Waals surface area contributed by atoms with Crippen molar-refractivity contribution in [2.45, 2.75) is 20.8 Å². The molecule has 0 amide bonds. The smallest absolute Gasteiger partial charge is 0.385 e. The van der Waals surface area contributed by atoms with Crippen LogP contribution in [0.4, 0.5) is 0 Å². The lowest BCUT2D eigenvalue weighted by Gasteiger charge is -2.24. The van der Waals surface area contributed by atoms with E-state index in [0.717, 1.165) is 50.1 Å². The molecular weight excluding hydrogens is 563 g/mol. The number of benzene rings is 6. The van der Waals surface area contributed by atoms with Gasteiger partial charge in [0, 0.05) is 16.7 Å². The molecule has 4 nitrogen and oxygen atoms in total. The number of phosphoric acid groups is 1. The van der Waals surface area contributed by atoms with Crippen molar-refractivity contribution in [3.63, 3.8) is 0 Å². The van der Waals surface area contributed by atoms with Gasteiger partial charge in [0.2, 0.25) is 0 Å². The molecular formula is C39H33O4P. The highest BCUT2D eigenvalue weighted by molar-refractivity contribution is 7.49. The van der Waals surface area contributed by atoms with E-state index in [4.69, 9.17) is 13.6 Å². The molecule has 5 heteroatoms. The van der Waals surface area contributed by atoms with E-state index in [-0.39, 0.29) is 0 Å². The lowest BCUT2D eigenvalue weighted by molar-refractivity contribution is 0.299. The van der Waals surface area contributed by atoms with Gasteiger partial charge in [-0.25, -0.2) is 0 Å². The predicted octanol–water partition coefficient (Wildman–Crippen LogP) is 11.3. The van der Waals surface area contributed by atoms with Crippen LogP contribution >= 0.6 is 7.82 Å². The number of hydrogen-bond acceptors (Lipinski definition) is 4. The summed E-state index contributed by atoms with van der Waals surface area (Å²) in [7, 11) is -4.37. The summed E-state index contributed by atoms with van der Waals surface area (Å²) in [5.41, 5.74) is 8.47. The molecule has 0 aliphatic heterocycles. The molecule has 44 heavy (non-hydrogen) atoms. The molecule has 0 spiro atoms. The topological polar surface area (TPSA) is 44.8 Å². The van der Waals surface area contributed by atoms with E-state index in [9.17, 15) is 0 Å². The third kappa shape index (κ3) is 6.17. The molecule has 0 saturated carbocycles. The Labute approximate surface area is 259 Å². The van der Waals surface area contributed by atoms with Crippen molar-refractivity contribution in [3.8, 4) is 50.6 Å². The Morgan fingerprint density at radius 2 is 0.568 bits per heavy atom. The zero-order valence-corrected chi connectivity index (χ0v) is 25.8. The fourth-order valence-corrected chi connectivity index (χ4v) is 6.66. The summed E-state index contributed by atoms with van der Waals surface area (Å²) >= 11 is 0. The molecule has 0 unspecified atom stereocenters. The molecule has 6 aromatic rings. The molecule has 0 saturated heterocycles. The van der Waals surface area contributed by atoms with Gasteiger partial charge in [-0.3, -0.25) is 0 Å². The minimum absolute atomic E-state index is 0.395. The molecule has 6 aromatic carbocycles. The van der Waals surface area contributed by atoms with Crippen molar-refractivity contribution < 1.29 is 18.1 Å². The average molecular weight is 597 g/mol. The average Bonchev–Trinajstić information content (AvgIpc) is 3.03. The minimum atomic E-state index is -4.37. The summed E-state index contributed by atoms with van der Waals surface area (Å²) in [6.07, 6.45) is 0. The van der Waals surface area contributed by atoms with Crippen molar-refractivity contribution >= 4 is 7.82 Å². The summed E-state index contributed by atoms with van der Waals surface area (Å²) < 4.78 is 34.3. The molecule has 0 bridgehead atoms. The molecule has 0 N–H and O–H groups in total. The van der Waals surface area contributed by atoms with Crippen molar-refractivity contribution in [1.29, 1.82) is 0 Å². The van der Waals surface area contributed by atoms with Gasteiger partial charge in [-0.1, -0.05) is 127 Å². The summed E-state index contributed by atoms with van der Waals surface area (Å²) in [5, 5.41) is 0. The highest BCUT2D eigenvalue weighted by Crippen LogP contribution is 2.54. The Kier molecular flexibility index (Phi) is 8.36. The molecule has 0 aliphatic carbocycles. The van der Waals surface area contributed by atoms with Crippen LogP contribution < -0.4 is 13.6 Å². The van der Waals surface area contributed by atoms with Gasteiger partial charge in [-0.2, -0.15) is 4.57 Å². The highest BCUT2D eigenvalue weighted by Gasteiger charge is 2.36. The Morgan fingerprint density at radius 1 is 0.341 bits per heavy atom. The molecule has 0 radical (unpaired) electrons. The van der Waals surface area contributed by atoms with Crippen LogP contribution in [0.2, 0.25) is 0 Å². The Bertz CT molecular complexity index is 1750. The molecule has 0 aromatic heterocycles. The van der Waals surface area contributed by atoms with Gasteiger partial charge in [-0.15, -0.1) is 0 Å². The molecule has 0 aliphatic rings. The summed E-state index contributed by atoms with van der Waals surface area (Å²) in [4.78, 5) is 0. The van der Waals surface area contributed by atoms with Crippen molar-refractivity contribution in [2.24, 2.45) is 0 Å². The van der Waals surface area contributed by atoms with Gasteiger partial charge in [-0.05, 0) is 72.4 Å². The quantitative estimate of drug-likeness (QED) is 0.156. The summed E-state index contributed by atoms with van der Waals surface area (Å²) in [5.74, 6) is 1.19. The van der Waals surface area contributed by atoms with Gasteiger partial charge in [0.1, 0.15) is 17.2 Å². The lowest BCUT2D eigenvalue weighted by Crippen LogP contribution is -2.09. The van der Waals surface area contributed by atoms with Gasteiger partial charge < -0.3 is 13.6 Å². The third-order valence-electron chi connectivity index (χ3n) is 7.60. The van der Waals surface area contributed by atoms with Crippen LogP contribution in [-0.2, 0) is 4.57 Å². The largest absolute Gasteiger partial charge is 0.647 e. The number of hydrogen-bond donors (Lipinski definition) is 0. The van der Waals surface area contributed by atoms with Gasteiger partial charge >= 0.3 is 7.82 Å². The first-order chi connectivity index (χ1) is 21.4. The SMILES string of the molecule is Cc1ccccc1-c1ccccc1OP(=O)(Oc1ccccc1-c1ccccc1C)Oc1ccccc1-c1ccccc1C. The molecule has 218 valence electrons. The maximum atomic E-state index is 15.1. The molecule has 6 rings (SSSR count). The second-order valence-electron chi connectivity index (χ2n) is 10.7. The molecule has 0 fully saturated rings. The van der Waals surface area contributed by atoms with Crippen molar-refractivity contribution in [3.05, 3.63) is 162 Å². The second kappa shape index (κ2) is 12.7. The van der Waals surface area contributed by atoms with Crippen LogP contribution in [0, 0.1) is 20.8 Å². The Balaban J connectivity index is 1.48. The summed E-state index contributed by atoms with van der Waals surface area (Å²) in [6.45, 7) is 6.11. The second-order valence-corrected chi connectivity index (χ2v) is 12.1. The van der Waals surface area contributed by atoms with Crippen LogP contribution in [-0.4, -0.2) is 0 Å². The maximum absolute atomic E-state index is 15.1. The van der Waals surface area contributed by atoms with Crippen LogP contribution in [0.1, 0.15) is 16.7 Å². The maximum Gasteiger partial charge on any atom is 0.647 e. The fraction of sp³-hybridized carbons (Fsp3) is 0.0769. The minimum Gasteiger partial charge on any atom is -0.385 e. The molecule has 0 atom stereocenters. The van der Waals surface area contributed by atoms with Crippen LogP contribution in [0.15, 0.2) is 146 Å². The van der Waals surface area contributed by atoms with Gasteiger partial charge in [0.25, 0.3) is 0 Å². The van der Waals surface area contributed by atoms with Gasteiger partial charge in [0.15, 0.2) is 0 Å². The van der Waals surface area contributed by atoms with E-state index in [1.807, 2.05) is 148 Å². The third-order valence-corrected chi connectivity index (χ3v) is 8.86. The van der Waals surface area contributed by atoms with E-state index in [0.29, 0.717) is 17.2 Å². The first-order valence-electron chi connectivity index (χ1n) is 14.6. The zero-order chi connectivity index (χ0) is 30.5. The summed E-state index contributed by atoms with van der Waals surface area (Å²) in [6, 6.07) is 46.6. The van der Waals surface area contributed by atoms with Crippen LogP contribution in [0.25, 0.3) is 33.4 Å². The Hall–Kier alpha value is -5.05. The standard InChI is InChI=1S/C39H33O4P/c1-28-16-4-7-19-31(28)34-22-10-13-25-37(34)41-44(40,42-38-26-14-11-23-35(38)32-20-8-5-17-29(32)2)43-39-27-15-12-24-36(39)33-21-9-6-18-30(33)3/h4-27H,1-3H3. The first kappa shape index (κ1) is 29.0. The highest BCUT2D eigenvalue weighted by atomic mass is 31.2. The van der Waals surface area contributed by atoms with Crippen LogP contribution in [0.3, 0.4) is 0 Å². The number of phosphoric ester groups is 1. The predicted molar refractivity (Wildman–Crippen MR) is 179 cm³/mol. The van der Waals surface area contributed by atoms with E-state index >= 15 is 4.57 Å². The monoisotopic (exact) mass is 596 g/mol. The normalized spacial score (nSPS) is 11.2. The lowest BCUT2D eigenvalue weighted by atomic mass is 10.00. The zero-order valence-electron chi connectivity index (χ0n) is 24.9. The number of para-hydroxylation sites is 3. The van der Waals surface area contributed by atoms with E-state index in [2.05, 4.69) is 0 Å². The fourth-order valence-electron chi connectivity index (χ4n) is 5.35. The van der Waals surface area contributed by atoms with Crippen molar-refractivity contribution in [1.82, 2.24) is 0 Å². The molecule has 0 heterocycles. The van der Waals surface area contributed by atoms with Crippen LogP contribution in [0.5, 0.6) is 17.2 Å². The number of rotatable bonds is 9.